The molecule has 0 atom stereocenters. The molecule has 0 fully saturated rings. The Morgan fingerprint density at radius 3 is 2.41 bits per heavy atom. The Morgan fingerprint density at radius 1 is 1.35 bits per heavy atom. The van der Waals surface area contributed by atoms with Crippen LogP contribution in [0.15, 0.2) is 24.3 Å². The van der Waals surface area contributed by atoms with E-state index in [2.05, 4.69) is 35.7 Å². The maximum absolute atomic E-state index is 11.4. The molecular weight excluding hydrogens is 283 g/mol. The van der Waals surface area contributed by atoms with Crippen LogP contribution in [0.3, 0.4) is 0 Å². The maximum Gasteiger partial charge on any atom is 1.00 e. The number of benzene rings is 1. The monoisotopic (exact) mass is 294 g/mol. The van der Waals surface area contributed by atoms with Crippen LogP contribution in [0.5, 0.6) is 5.75 Å². The zero-order valence-electron chi connectivity index (χ0n) is 9.65. The second kappa shape index (κ2) is 9.20. The van der Waals surface area contributed by atoms with Crippen molar-refractivity contribution in [2.24, 2.45) is 0 Å². The molecule has 2 N–H and O–H groups in total. The van der Waals surface area contributed by atoms with Gasteiger partial charge in [-0.15, -0.1) is 0 Å². The van der Waals surface area contributed by atoms with Crippen LogP contribution in [0.4, 0.5) is 0 Å². The molecule has 0 aliphatic carbocycles. The quantitative estimate of drug-likeness (QED) is 0.284. The first-order valence-corrected chi connectivity index (χ1v) is 5.32. The molecule has 7 heteroatoms. The number of hydrogen-bond donors (Lipinski definition) is 2. The van der Waals surface area contributed by atoms with Gasteiger partial charge in [-0.3, -0.25) is 10.2 Å². The summed E-state index contributed by atoms with van der Waals surface area (Å²) in [7, 11) is 1.59. The standard InChI is InChI=1S/C10H12N2O2S2.K/c1-14-8-4-2-7(3-5-8)6-9(13)11-12-10(15)16;/h2-5H,6H2,1H3,(H,11,13)(H2,12,15,16);/q;+1/p-1. The number of methoxy groups -OCH3 is 1. The van der Waals surface area contributed by atoms with Gasteiger partial charge in [-0.05, 0) is 22.0 Å². The second-order valence-electron chi connectivity index (χ2n) is 2.99. The van der Waals surface area contributed by atoms with Gasteiger partial charge in [0.15, 0.2) is 0 Å². The number of nitrogens with one attached hydrogen (secondary N) is 2. The van der Waals surface area contributed by atoms with E-state index in [-0.39, 0.29) is 68.0 Å². The Labute approximate surface area is 154 Å². The van der Waals surface area contributed by atoms with Crippen LogP contribution in [0.2, 0.25) is 0 Å². The van der Waals surface area contributed by atoms with Gasteiger partial charge in [-0.2, -0.15) is 0 Å². The van der Waals surface area contributed by atoms with Crippen molar-refractivity contribution >= 4 is 35.1 Å². The average molecular weight is 294 g/mol. The maximum atomic E-state index is 11.4. The molecule has 86 valence electrons. The Balaban J connectivity index is 0.00000256. The van der Waals surface area contributed by atoms with Crippen molar-refractivity contribution in [2.75, 3.05) is 7.11 Å². The zero-order chi connectivity index (χ0) is 12.0. The Kier molecular flexibility index (Phi) is 9.33. The van der Waals surface area contributed by atoms with Crippen LogP contribution < -0.4 is 67.0 Å². The smallest absolute Gasteiger partial charge is 0.497 e. The molecule has 0 unspecified atom stereocenters. The Hall–Kier alpha value is 0.236. The van der Waals surface area contributed by atoms with Crippen LogP contribution in [-0.4, -0.2) is 17.3 Å². The molecule has 0 saturated heterocycles. The van der Waals surface area contributed by atoms with Crippen LogP contribution in [0.1, 0.15) is 5.56 Å². The first-order valence-electron chi connectivity index (χ1n) is 4.50. The first kappa shape index (κ1) is 17.2. The minimum atomic E-state index is -0.197. The summed E-state index contributed by atoms with van der Waals surface area (Å²) < 4.78 is 5.12. The summed E-state index contributed by atoms with van der Waals surface area (Å²) in [6.45, 7) is 0. The normalized spacial score (nSPS) is 8.76. The van der Waals surface area contributed by atoms with Gasteiger partial charge >= 0.3 is 51.4 Å². The third-order valence-electron chi connectivity index (χ3n) is 1.83. The van der Waals surface area contributed by atoms with E-state index in [0.717, 1.165) is 11.3 Å². The van der Waals surface area contributed by atoms with Gasteiger partial charge in [-0.25, -0.2) is 0 Å². The van der Waals surface area contributed by atoms with E-state index in [0.29, 0.717) is 0 Å². The van der Waals surface area contributed by atoms with Gasteiger partial charge < -0.3 is 35.0 Å². The van der Waals surface area contributed by atoms with E-state index in [4.69, 9.17) is 4.74 Å². The summed E-state index contributed by atoms with van der Waals surface area (Å²) in [6.07, 6.45) is 0.259. The summed E-state index contributed by atoms with van der Waals surface area (Å²) in [5.74, 6) is 0.561. The molecule has 0 aromatic heterocycles. The average Bonchev–Trinajstić information content (AvgIpc) is 2.27. The van der Waals surface area contributed by atoms with Crippen molar-refractivity contribution in [2.45, 2.75) is 6.42 Å². The largest absolute Gasteiger partial charge is 1.00 e. The fourth-order valence-corrected chi connectivity index (χ4v) is 1.20. The van der Waals surface area contributed by atoms with E-state index in [1.165, 1.54) is 0 Å². The van der Waals surface area contributed by atoms with Crippen LogP contribution in [0.25, 0.3) is 0 Å². The number of hydrogen-bond acceptors (Lipinski definition) is 4. The fourth-order valence-electron chi connectivity index (χ4n) is 1.09. The molecule has 0 saturated carbocycles. The summed E-state index contributed by atoms with van der Waals surface area (Å²) in [5.41, 5.74) is 5.69. The fraction of sp³-hybridized carbons (Fsp3) is 0.200. The van der Waals surface area contributed by atoms with E-state index in [1.807, 2.05) is 12.1 Å². The summed E-state index contributed by atoms with van der Waals surface area (Å²) in [4.78, 5) is 11.4. The van der Waals surface area contributed by atoms with Crippen molar-refractivity contribution in [1.29, 1.82) is 0 Å². The molecule has 0 bridgehead atoms. The molecule has 1 aromatic rings. The number of hydrazine groups is 1. The minimum Gasteiger partial charge on any atom is -0.497 e. The number of carbonyl (C=O) groups excluding carboxylic acids is 1. The number of rotatable bonds is 3. The van der Waals surface area contributed by atoms with Gasteiger partial charge in [0, 0.05) is 0 Å². The molecule has 0 aliphatic heterocycles. The molecule has 0 spiro atoms. The topological polar surface area (TPSA) is 50.4 Å². The molecule has 1 amide bonds. The molecule has 0 aliphatic rings. The number of ether oxygens (including phenoxy) is 1. The van der Waals surface area contributed by atoms with Gasteiger partial charge in [0.2, 0.25) is 5.91 Å². The Bertz CT molecular complexity index is 384. The van der Waals surface area contributed by atoms with Crippen molar-refractivity contribution in [3.8, 4) is 5.75 Å². The van der Waals surface area contributed by atoms with Gasteiger partial charge in [0.05, 0.1) is 13.5 Å². The van der Waals surface area contributed by atoms with Crippen molar-refractivity contribution < 1.29 is 60.9 Å². The molecule has 1 aromatic carbocycles. The summed E-state index contributed by atoms with van der Waals surface area (Å²) in [5, 5.41) is 0. The first-order chi connectivity index (χ1) is 7.61. The molecule has 0 heterocycles. The molecule has 4 nitrogen and oxygen atoms in total. The number of amides is 1. The third-order valence-corrected chi connectivity index (χ3v) is 2.03. The zero-order valence-corrected chi connectivity index (χ0v) is 14.4. The minimum absolute atomic E-state index is 0. The SMILES string of the molecule is COc1ccc(CC(=O)NNC(=S)[S-])cc1.[K+]. The second-order valence-corrected chi connectivity index (χ2v) is 4.06. The van der Waals surface area contributed by atoms with Gasteiger partial charge in [-0.1, -0.05) is 12.1 Å². The summed E-state index contributed by atoms with van der Waals surface area (Å²) in [6, 6.07) is 7.25. The van der Waals surface area contributed by atoms with E-state index in [9.17, 15) is 4.79 Å². The predicted molar refractivity (Wildman–Crippen MR) is 67.9 cm³/mol. The van der Waals surface area contributed by atoms with E-state index < -0.39 is 0 Å². The van der Waals surface area contributed by atoms with Crippen LogP contribution >= 0.6 is 12.2 Å². The summed E-state index contributed by atoms with van der Waals surface area (Å²) >= 11 is 9.17. The number of carbonyl (C=O) groups is 1. The molecule has 0 radical (unpaired) electrons. The molecular formula is C10H11KN2O2S2. The van der Waals surface area contributed by atoms with E-state index >= 15 is 0 Å². The van der Waals surface area contributed by atoms with Gasteiger partial charge in [0.25, 0.3) is 0 Å². The van der Waals surface area contributed by atoms with Crippen molar-refractivity contribution in [3.05, 3.63) is 29.8 Å². The predicted octanol–water partition coefficient (Wildman–Crippen LogP) is -2.31. The van der Waals surface area contributed by atoms with Gasteiger partial charge in [0.1, 0.15) is 5.75 Å². The number of thiocarbonyl (C=S) groups is 1. The van der Waals surface area contributed by atoms with Crippen LogP contribution in [0, 0.1) is 0 Å². The van der Waals surface area contributed by atoms with Crippen molar-refractivity contribution in [3.63, 3.8) is 0 Å². The Morgan fingerprint density at radius 2 is 1.94 bits per heavy atom. The molecule has 1 rings (SSSR count). The third kappa shape index (κ3) is 7.30. The van der Waals surface area contributed by atoms with Crippen LogP contribution in [-0.2, 0) is 23.8 Å². The van der Waals surface area contributed by atoms with E-state index in [1.54, 1.807) is 19.2 Å². The molecule has 17 heavy (non-hydrogen) atoms. The van der Waals surface area contributed by atoms with Crippen molar-refractivity contribution in [1.82, 2.24) is 10.9 Å².